The summed E-state index contributed by atoms with van der Waals surface area (Å²) in [7, 11) is 0. The van der Waals surface area contributed by atoms with Crippen molar-refractivity contribution in [2.75, 3.05) is 19.8 Å². The van der Waals surface area contributed by atoms with E-state index in [-0.39, 0.29) is 0 Å². The fourth-order valence-electron chi connectivity index (χ4n) is 2.54. The van der Waals surface area contributed by atoms with Crippen molar-refractivity contribution in [2.24, 2.45) is 0 Å². The zero-order chi connectivity index (χ0) is 17.4. The number of hydrogen-bond acceptors (Lipinski definition) is 11. The van der Waals surface area contributed by atoms with Gasteiger partial charge in [-0.15, -0.1) is 0 Å². The zero-order valence-corrected chi connectivity index (χ0v) is 12.0. The van der Waals surface area contributed by atoms with Crippen molar-refractivity contribution in [2.45, 2.75) is 54.8 Å². The van der Waals surface area contributed by atoms with Crippen molar-refractivity contribution in [3.05, 3.63) is 0 Å². The highest BCUT2D eigenvalue weighted by molar-refractivity contribution is 4.96. The molecule has 0 amide bonds. The molecule has 2 heterocycles. The van der Waals surface area contributed by atoms with E-state index in [0.717, 1.165) is 0 Å². The molecule has 0 aromatic rings. The van der Waals surface area contributed by atoms with Crippen molar-refractivity contribution in [1.82, 2.24) is 0 Å². The Kier molecular flexibility index (Phi) is 5.92. The van der Waals surface area contributed by atoms with Crippen molar-refractivity contribution >= 4 is 0 Å². The Balaban J connectivity index is 1.99. The van der Waals surface area contributed by atoms with Gasteiger partial charge in [-0.2, -0.15) is 0 Å². The minimum Gasteiger partial charge on any atom is -0.394 e. The van der Waals surface area contributed by atoms with E-state index in [2.05, 4.69) is 0 Å². The summed E-state index contributed by atoms with van der Waals surface area (Å²) >= 11 is 0. The molecule has 0 radical (unpaired) electrons. The first-order valence-electron chi connectivity index (χ1n) is 7.04. The molecule has 23 heavy (non-hydrogen) atoms. The maximum absolute atomic E-state index is 10.1. The first-order chi connectivity index (χ1) is 10.7. The predicted molar refractivity (Wildman–Crippen MR) is 68.6 cm³/mol. The van der Waals surface area contributed by atoms with E-state index in [9.17, 15) is 30.6 Å². The van der Waals surface area contributed by atoms with Crippen LogP contribution < -0.4 is 0 Å². The molecule has 0 bridgehead atoms. The second-order valence-corrected chi connectivity index (χ2v) is 5.63. The molecule has 0 spiro atoms. The monoisotopic (exact) mass is 342 g/mol. The Morgan fingerprint density at radius 3 is 1.96 bits per heavy atom. The molecule has 0 aliphatic carbocycles. The standard InChI is InChI=1S/C12H22O11/c13-1-4-6(15)8(17)9(18)11(22-4)21-3-12(20)10(19)7(16)5(2-14)23-12/h4-11,13-20H,1-3H2/t4-,5-,6-,7-,8+,9+,10+,11+,12-/m1/s1. The quantitative estimate of drug-likeness (QED) is 0.238. The van der Waals surface area contributed by atoms with E-state index in [1.165, 1.54) is 0 Å². The Morgan fingerprint density at radius 2 is 1.43 bits per heavy atom. The van der Waals surface area contributed by atoms with Gasteiger partial charge >= 0.3 is 0 Å². The molecule has 11 heteroatoms. The van der Waals surface area contributed by atoms with Crippen LogP contribution in [0.2, 0.25) is 0 Å². The lowest BCUT2D eigenvalue weighted by Crippen LogP contribution is -2.60. The van der Waals surface area contributed by atoms with Crippen LogP contribution in [0.3, 0.4) is 0 Å². The van der Waals surface area contributed by atoms with Crippen LogP contribution >= 0.6 is 0 Å². The van der Waals surface area contributed by atoms with Gasteiger partial charge in [0.15, 0.2) is 6.29 Å². The predicted octanol–water partition coefficient (Wildman–Crippen LogP) is -5.40. The van der Waals surface area contributed by atoms with Crippen LogP contribution in [0.1, 0.15) is 0 Å². The second kappa shape index (κ2) is 7.21. The average molecular weight is 342 g/mol. The lowest BCUT2D eigenvalue weighted by Gasteiger charge is -2.40. The first-order valence-corrected chi connectivity index (χ1v) is 7.04. The highest BCUT2D eigenvalue weighted by Gasteiger charge is 2.54. The van der Waals surface area contributed by atoms with Gasteiger partial charge in [0.05, 0.1) is 13.2 Å². The van der Waals surface area contributed by atoms with Crippen LogP contribution in [-0.2, 0) is 14.2 Å². The van der Waals surface area contributed by atoms with Gasteiger partial charge in [-0.3, -0.25) is 0 Å². The molecule has 0 saturated carbocycles. The van der Waals surface area contributed by atoms with E-state index >= 15 is 0 Å². The summed E-state index contributed by atoms with van der Waals surface area (Å²) in [4.78, 5) is 0. The van der Waals surface area contributed by atoms with Gasteiger partial charge in [0, 0.05) is 0 Å². The molecular formula is C12H22O11. The van der Waals surface area contributed by atoms with Crippen LogP contribution in [0.25, 0.3) is 0 Å². The van der Waals surface area contributed by atoms with E-state index in [1.807, 2.05) is 0 Å². The van der Waals surface area contributed by atoms with Crippen LogP contribution in [0, 0.1) is 0 Å². The smallest absolute Gasteiger partial charge is 0.219 e. The molecule has 11 nitrogen and oxygen atoms in total. The Bertz CT molecular complexity index is 393. The molecule has 0 unspecified atom stereocenters. The van der Waals surface area contributed by atoms with E-state index in [0.29, 0.717) is 0 Å². The molecule has 136 valence electrons. The SMILES string of the molecule is OC[C@H]1O[C@](O)(CO[C@H]2O[C@H](CO)[C@@H](O)[C@H](O)[C@@H]2O)[C@@H](O)[C@@H]1O. The average Bonchev–Trinajstić information content (AvgIpc) is 2.76. The Labute approximate surface area is 130 Å². The molecule has 2 rings (SSSR count). The summed E-state index contributed by atoms with van der Waals surface area (Å²) in [6, 6.07) is 0. The van der Waals surface area contributed by atoms with E-state index in [4.69, 9.17) is 24.4 Å². The van der Waals surface area contributed by atoms with E-state index < -0.39 is 74.6 Å². The molecule has 2 aliphatic heterocycles. The van der Waals surface area contributed by atoms with Gasteiger partial charge < -0.3 is 55.1 Å². The molecule has 9 atom stereocenters. The number of rotatable bonds is 5. The zero-order valence-electron chi connectivity index (χ0n) is 12.0. The fraction of sp³-hybridized carbons (Fsp3) is 1.00. The lowest BCUT2D eigenvalue weighted by molar-refractivity contribution is -0.332. The van der Waals surface area contributed by atoms with Crippen molar-refractivity contribution < 1.29 is 55.1 Å². The summed E-state index contributed by atoms with van der Waals surface area (Å²) in [5.41, 5.74) is 0. The highest BCUT2D eigenvalue weighted by Crippen LogP contribution is 2.31. The molecule has 2 saturated heterocycles. The van der Waals surface area contributed by atoms with Crippen LogP contribution in [0.4, 0.5) is 0 Å². The molecule has 0 aromatic heterocycles. The van der Waals surface area contributed by atoms with Gasteiger partial charge in [0.1, 0.15) is 49.3 Å². The topological polar surface area (TPSA) is 190 Å². The lowest BCUT2D eigenvalue weighted by atomic mass is 9.99. The summed E-state index contributed by atoms with van der Waals surface area (Å²) in [5, 5.41) is 76.5. The van der Waals surface area contributed by atoms with Gasteiger partial charge in [-0.25, -0.2) is 0 Å². The summed E-state index contributed by atoms with van der Waals surface area (Å²) in [6.45, 7) is -2.08. The Morgan fingerprint density at radius 1 is 0.826 bits per heavy atom. The molecule has 2 aliphatic rings. The van der Waals surface area contributed by atoms with Crippen molar-refractivity contribution in [1.29, 1.82) is 0 Å². The largest absolute Gasteiger partial charge is 0.394 e. The van der Waals surface area contributed by atoms with E-state index in [1.54, 1.807) is 0 Å². The minimum absolute atomic E-state index is 0.652. The van der Waals surface area contributed by atoms with Gasteiger partial charge in [0.25, 0.3) is 0 Å². The van der Waals surface area contributed by atoms with Gasteiger partial charge in [-0.05, 0) is 0 Å². The molecule has 8 N–H and O–H groups in total. The third-order valence-electron chi connectivity index (χ3n) is 4.00. The summed E-state index contributed by atoms with van der Waals surface area (Å²) in [6.07, 6.45) is -12.2. The van der Waals surface area contributed by atoms with Crippen LogP contribution in [0.5, 0.6) is 0 Å². The molecule has 2 fully saturated rings. The number of ether oxygens (including phenoxy) is 3. The summed E-state index contributed by atoms with van der Waals surface area (Å²) < 4.78 is 15.1. The Hall–Kier alpha value is -0.440. The van der Waals surface area contributed by atoms with Crippen LogP contribution in [-0.4, -0.2) is 115 Å². The van der Waals surface area contributed by atoms with Crippen LogP contribution in [0.15, 0.2) is 0 Å². The molecule has 0 aromatic carbocycles. The number of aliphatic hydroxyl groups excluding tert-OH is 7. The van der Waals surface area contributed by atoms with Gasteiger partial charge in [-0.1, -0.05) is 0 Å². The van der Waals surface area contributed by atoms with Crippen molar-refractivity contribution in [3.63, 3.8) is 0 Å². The third kappa shape index (κ3) is 3.50. The maximum Gasteiger partial charge on any atom is 0.219 e. The third-order valence-corrected chi connectivity index (χ3v) is 4.00. The normalized spacial score (nSPS) is 51.1. The highest BCUT2D eigenvalue weighted by atomic mass is 16.7. The number of hydrogen-bond donors (Lipinski definition) is 8. The number of aliphatic hydroxyl groups is 8. The first kappa shape index (κ1) is 18.9. The van der Waals surface area contributed by atoms with Crippen molar-refractivity contribution in [3.8, 4) is 0 Å². The summed E-state index contributed by atoms with van der Waals surface area (Å²) in [5.74, 6) is -2.37. The maximum atomic E-state index is 10.1. The second-order valence-electron chi connectivity index (χ2n) is 5.63. The minimum atomic E-state index is -2.37. The van der Waals surface area contributed by atoms with Gasteiger partial charge in [0.2, 0.25) is 5.79 Å². The molecular weight excluding hydrogens is 320 g/mol. The fourth-order valence-corrected chi connectivity index (χ4v) is 2.54.